The number of hydrogen-bond donors (Lipinski definition) is 0. The number of nitrogens with zero attached hydrogens (tertiary/aromatic N) is 1. The van der Waals surface area contributed by atoms with Crippen molar-refractivity contribution in [3.63, 3.8) is 0 Å². The molecule has 2 aromatic rings. The molecule has 0 radical (unpaired) electrons. The summed E-state index contributed by atoms with van der Waals surface area (Å²) in [5, 5.41) is 11.1. The van der Waals surface area contributed by atoms with Crippen molar-refractivity contribution in [1.82, 2.24) is 0 Å². The number of amides is 1. The molecule has 0 N–H and O–H groups in total. The molecule has 2 aromatic carbocycles. The van der Waals surface area contributed by atoms with E-state index < -0.39 is 11.8 Å². The fraction of sp³-hybridized carbons (Fsp3) is 0.0556. The van der Waals surface area contributed by atoms with Gasteiger partial charge in [0.1, 0.15) is 5.82 Å². The molecule has 1 amide bonds. The van der Waals surface area contributed by atoms with Gasteiger partial charge in [-0.2, -0.15) is 0 Å². The number of anilines is 1. The van der Waals surface area contributed by atoms with Gasteiger partial charge in [-0.15, -0.1) is 0 Å². The number of halogens is 1. The minimum absolute atomic E-state index is 0.0382. The quantitative estimate of drug-likeness (QED) is 0.612. The summed E-state index contributed by atoms with van der Waals surface area (Å²) in [6.07, 6.45) is 1.56. The Balaban J connectivity index is 2.00. The lowest BCUT2D eigenvalue weighted by Crippen LogP contribution is -2.29. The van der Waals surface area contributed by atoms with Gasteiger partial charge in [-0.25, -0.2) is 4.39 Å². The molecular weight excluding hydrogens is 361 g/mol. The second-order valence-electron chi connectivity index (χ2n) is 5.36. The number of thiocarbonyl (C=S) groups is 1. The maximum atomic E-state index is 13.3. The lowest BCUT2D eigenvalue weighted by atomic mass is 10.1. The first-order chi connectivity index (χ1) is 11.9. The Bertz CT molecular complexity index is 940. The number of aromatic carboxylic acids is 1. The van der Waals surface area contributed by atoms with Crippen LogP contribution in [0, 0.1) is 12.7 Å². The zero-order valence-electron chi connectivity index (χ0n) is 13.0. The van der Waals surface area contributed by atoms with Crippen molar-refractivity contribution in [2.75, 3.05) is 4.90 Å². The Kier molecular flexibility index (Phi) is 4.69. The van der Waals surface area contributed by atoms with Crippen molar-refractivity contribution in [2.45, 2.75) is 6.92 Å². The molecule has 1 aliphatic heterocycles. The van der Waals surface area contributed by atoms with Crippen molar-refractivity contribution < 1.29 is 19.1 Å². The SMILES string of the molecule is Cc1ccc(C(=O)[O-])cc1N1C(=O)/C(=C/c2cccc(F)c2)SC1=S. The van der Waals surface area contributed by atoms with E-state index in [2.05, 4.69) is 0 Å². The Morgan fingerprint density at radius 2 is 2.04 bits per heavy atom. The van der Waals surface area contributed by atoms with Crippen LogP contribution >= 0.6 is 24.0 Å². The normalized spacial score (nSPS) is 15.9. The number of rotatable bonds is 3. The highest BCUT2D eigenvalue weighted by atomic mass is 32.2. The number of aryl methyl sites for hydroxylation is 1. The van der Waals surface area contributed by atoms with Crippen LogP contribution in [-0.4, -0.2) is 16.2 Å². The van der Waals surface area contributed by atoms with Gasteiger partial charge in [0, 0.05) is 0 Å². The van der Waals surface area contributed by atoms with Crippen LogP contribution in [0.25, 0.3) is 6.08 Å². The van der Waals surface area contributed by atoms with Gasteiger partial charge < -0.3 is 9.90 Å². The van der Waals surface area contributed by atoms with Gasteiger partial charge in [0.05, 0.1) is 16.6 Å². The van der Waals surface area contributed by atoms with E-state index in [1.54, 1.807) is 31.2 Å². The number of hydrogen-bond acceptors (Lipinski definition) is 5. The maximum absolute atomic E-state index is 13.3. The molecule has 25 heavy (non-hydrogen) atoms. The minimum Gasteiger partial charge on any atom is -0.545 e. The highest BCUT2D eigenvalue weighted by Gasteiger charge is 2.34. The number of carboxylic acid groups (broad SMARTS) is 1. The van der Waals surface area contributed by atoms with Crippen LogP contribution in [0.15, 0.2) is 47.4 Å². The fourth-order valence-electron chi connectivity index (χ4n) is 2.40. The van der Waals surface area contributed by atoms with Gasteiger partial charge in [0.15, 0.2) is 4.32 Å². The summed E-state index contributed by atoms with van der Waals surface area (Å²) in [6.45, 7) is 1.75. The third kappa shape index (κ3) is 3.47. The number of carbonyl (C=O) groups is 2. The second kappa shape index (κ2) is 6.78. The molecule has 0 saturated carbocycles. The summed E-state index contributed by atoms with van der Waals surface area (Å²) in [5.41, 5.74) is 1.60. The number of carboxylic acids is 1. The van der Waals surface area contributed by atoms with E-state index in [1.807, 2.05) is 0 Å². The van der Waals surface area contributed by atoms with Gasteiger partial charge in [0.2, 0.25) is 0 Å². The maximum Gasteiger partial charge on any atom is 0.270 e. The minimum atomic E-state index is -1.33. The van der Waals surface area contributed by atoms with Crippen LogP contribution in [0.4, 0.5) is 10.1 Å². The second-order valence-corrected chi connectivity index (χ2v) is 7.04. The summed E-state index contributed by atoms with van der Waals surface area (Å²) in [6, 6.07) is 10.2. The molecule has 126 valence electrons. The summed E-state index contributed by atoms with van der Waals surface area (Å²) in [7, 11) is 0. The Hall–Kier alpha value is -2.51. The van der Waals surface area contributed by atoms with Gasteiger partial charge in [-0.1, -0.05) is 48.2 Å². The Morgan fingerprint density at radius 1 is 1.28 bits per heavy atom. The van der Waals surface area contributed by atoms with Crippen molar-refractivity contribution in [3.05, 3.63) is 69.9 Å². The molecule has 0 unspecified atom stereocenters. The topological polar surface area (TPSA) is 60.4 Å². The Morgan fingerprint density at radius 3 is 2.72 bits per heavy atom. The van der Waals surface area contributed by atoms with Crippen molar-refractivity contribution in [2.24, 2.45) is 0 Å². The van der Waals surface area contributed by atoms with Crippen LogP contribution in [0.3, 0.4) is 0 Å². The van der Waals surface area contributed by atoms with Crippen molar-refractivity contribution in [1.29, 1.82) is 0 Å². The van der Waals surface area contributed by atoms with Crippen LogP contribution in [0.1, 0.15) is 21.5 Å². The predicted octanol–water partition coefficient (Wildman–Crippen LogP) is 2.90. The van der Waals surface area contributed by atoms with Crippen LogP contribution in [0.5, 0.6) is 0 Å². The largest absolute Gasteiger partial charge is 0.545 e. The molecule has 0 aromatic heterocycles. The lowest BCUT2D eigenvalue weighted by molar-refractivity contribution is -0.255. The molecule has 1 fully saturated rings. The molecule has 4 nitrogen and oxygen atoms in total. The zero-order valence-corrected chi connectivity index (χ0v) is 14.6. The molecular formula is C18H11FNO3S2-. The van der Waals surface area contributed by atoms with Gasteiger partial charge >= 0.3 is 0 Å². The summed E-state index contributed by atoms with van der Waals surface area (Å²) < 4.78 is 13.6. The molecule has 7 heteroatoms. The highest BCUT2D eigenvalue weighted by molar-refractivity contribution is 8.27. The standard InChI is InChI=1S/C18H12FNO3S2/c1-10-5-6-12(17(22)23)9-14(10)20-16(21)15(25-18(20)24)8-11-3-2-4-13(19)7-11/h2-9H,1H3,(H,22,23)/p-1/b15-8-. The summed E-state index contributed by atoms with van der Waals surface area (Å²) in [4.78, 5) is 25.4. The molecule has 0 bridgehead atoms. The van der Waals surface area contributed by atoms with E-state index >= 15 is 0 Å². The third-order valence-corrected chi connectivity index (χ3v) is 4.93. The Labute approximate surface area is 153 Å². The van der Waals surface area contributed by atoms with Gasteiger partial charge in [-0.3, -0.25) is 9.69 Å². The first kappa shape index (κ1) is 17.3. The number of carbonyl (C=O) groups excluding carboxylic acids is 2. The van der Waals surface area contributed by atoms with Crippen molar-refractivity contribution >= 4 is 51.9 Å². The average Bonchev–Trinajstić information content (AvgIpc) is 2.82. The van der Waals surface area contributed by atoms with E-state index in [-0.39, 0.29) is 15.8 Å². The first-order valence-electron chi connectivity index (χ1n) is 7.22. The molecule has 1 saturated heterocycles. The van der Waals surface area contributed by atoms with Crippen LogP contribution in [-0.2, 0) is 4.79 Å². The fourth-order valence-corrected chi connectivity index (χ4v) is 3.69. The smallest absolute Gasteiger partial charge is 0.270 e. The number of benzene rings is 2. The zero-order chi connectivity index (χ0) is 18.1. The highest BCUT2D eigenvalue weighted by Crippen LogP contribution is 2.37. The molecule has 1 aliphatic rings. The van der Waals surface area contributed by atoms with E-state index in [0.29, 0.717) is 21.7 Å². The summed E-state index contributed by atoms with van der Waals surface area (Å²) in [5.74, 6) is -2.11. The third-order valence-electron chi connectivity index (χ3n) is 3.63. The van der Waals surface area contributed by atoms with E-state index in [0.717, 1.165) is 11.8 Å². The average molecular weight is 372 g/mol. The predicted molar refractivity (Wildman–Crippen MR) is 97.6 cm³/mol. The van der Waals surface area contributed by atoms with Crippen LogP contribution < -0.4 is 10.0 Å². The monoisotopic (exact) mass is 372 g/mol. The molecule has 0 spiro atoms. The van der Waals surface area contributed by atoms with Gasteiger partial charge in [-0.05, 0) is 47.9 Å². The van der Waals surface area contributed by atoms with E-state index in [4.69, 9.17) is 12.2 Å². The molecule has 0 atom stereocenters. The molecule has 1 heterocycles. The van der Waals surface area contributed by atoms with E-state index in [9.17, 15) is 19.1 Å². The van der Waals surface area contributed by atoms with E-state index in [1.165, 1.54) is 29.2 Å². The van der Waals surface area contributed by atoms with Gasteiger partial charge in [0.25, 0.3) is 5.91 Å². The summed E-state index contributed by atoms with van der Waals surface area (Å²) >= 11 is 6.36. The lowest BCUT2D eigenvalue weighted by Gasteiger charge is -2.18. The van der Waals surface area contributed by atoms with Crippen LogP contribution in [0.2, 0.25) is 0 Å². The van der Waals surface area contributed by atoms with Crippen molar-refractivity contribution in [3.8, 4) is 0 Å². The molecule has 3 rings (SSSR count). The number of thioether (sulfide) groups is 1. The molecule has 0 aliphatic carbocycles. The first-order valence-corrected chi connectivity index (χ1v) is 8.45.